The molecule has 1 aliphatic rings. The van der Waals surface area contributed by atoms with E-state index in [0.717, 1.165) is 24.4 Å². The summed E-state index contributed by atoms with van der Waals surface area (Å²) in [4.78, 5) is 24.9. The van der Waals surface area contributed by atoms with Gasteiger partial charge in [-0.2, -0.15) is 13.2 Å². The van der Waals surface area contributed by atoms with Crippen LogP contribution in [0.1, 0.15) is 25.5 Å². The summed E-state index contributed by atoms with van der Waals surface area (Å²) < 4.78 is 67.2. The van der Waals surface area contributed by atoms with Gasteiger partial charge in [-0.25, -0.2) is 18.7 Å². The molecule has 0 saturated carbocycles. The number of fused-ring (bicyclic) bond motifs is 1. The van der Waals surface area contributed by atoms with Crippen molar-refractivity contribution in [2.24, 2.45) is 5.92 Å². The molecule has 2 aromatic heterocycles. The minimum Gasteiger partial charge on any atom is -0.353 e. The minimum atomic E-state index is -4.45. The van der Waals surface area contributed by atoms with Crippen molar-refractivity contribution < 1.29 is 26.7 Å². The lowest BCUT2D eigenvalue weighted by molar-refractivity contribution is -0.138. The van der Waals surface area contributed by atoms with E-state index in [-0.39, 0.29) is 17.3 Å². The van der Waals surface area contributed by atoms with Crippen molar-refractivity contribution in [1.29, 1.82) is 0 Å². The normalized spacial score (nSPS) is 16.0. The Morgan fingerprint density at radius 3 is 2.24 bits per heavy atom. The van der Waals surface area contributed by atoms with Crippen molar-refractivity contribution in [1.82, 2.24) is 19.4 Å². The van der Waals surface area contributed by atoms with Gasteiger partial charge >= 0.3 is 6.18 Å². The van der Waals surface area contributed by atoms with E-state index >= 15 is 0 Å². The van der Waals surface area contributed by atoms with E-state index in [4.69, 9.17) is 0 Å². The fourth-order valence-electron chi connectivity index (χ4n) is 4.05. The van der Waals surface area contributed by atoms with Crippen molar-refractivity contribution >= 4 is 22.8 Å². The van der Waals surface area contributed by atoms with Crippen LogP contribution in [-0.2, 0) is 11.0 Å². The van der Waals surface area contributed by atoms with Crippen molar-refractivity contribution in [3.63, 3.8) is 0 Å². The molecule has 1 amide bonds. The molecule has 3 heterocycles. The van der Waals surface area contributed by atoms with Gasteiger partial charge in [0.25, 0.3) is 0 Å². The number of nitrogens with zero attached hydrogens (tertiary/aromatic N) is 5. The van der Waals surface area contributed by atoms with Gasteiger partial charge in [-0.05, 0) is 18.1 Å². The Morgan fingerprint density at radius 2 is 1.67 bits per heavy atom. The Bertz CT molecular complexity index is 1150. The molecular weight excluding hydrogens is 445 g/mol. The number of piperazine rings is 1. The van der Waals surface area contributed by atoms with Crippen molar-refractivity contribution in [3.05, 3.63) is 54.0 Å². The van der Waals surface area contributed by atoms with Gasteiger partial charge in [-0.15, -0.1) is 0 Å². The molecule has 1 fully saturated rings. The van der Waals surface area contributed by atoms with Crippen LogP contribution in [0.15, 0.2) is 36.8 Å². The number of aromatic nitrogens is 3. The van der Waals surface area contributed by atoms with Gasteiger partial charge in [-0.1, -0.05) is 13.8 Å². The molecule has 3 aromatic rings. The highest BCUT2D eigenvalue weighted by Crippen LogP contribution is 2.30. The maximum atomic E-state index is 13.8. The zero-order chi connectivity index (χ0) is 23.9. The van der Waals surface area contributed by atoms with Crippen LogP contribution in [0.5, 0.6) is 0 Å². The lowest BCUT2D eigenvalue weighted by Gasteiger charge is -2.38. The molecule has 0 spiro atoms. The second-order valence-electron chi connectivity index (χ2n) is 8.31. The first-order chi connectivity index (χ1) is 15.6. The summed E-state index contributed by atoms with van der Waals surface area (Å²) in [5.41, 5.74) is -0.234. The molecule has 1 aromatic carbocycles. The van der Waals surface area contributed by atoms with Crippen molar-refractivity contribution in [2.75, 3.05) is 31.1 Å². The first kappa shape index (κ1) is 22.9. The third-order valence-corrected chi connectivity index (χ3v) is 5.79. The lowest BCUT2D eigenvalue weighted by atomic mass is 10.0. The second-order valence-corrected chi connectivity index (χ2v) is 8.31. The molecule has 0 radical (unpaired) electrons. The van der Waals surface area contributed by atoms with Crippen molar-refractivity contribution in [3.8, 4) is 0 Å². The molecule has 0 aliphatic carbocycles. The van der Waals surface area contributed by atoms with Gasteiger partial charge in [0.05, 0.1) is 22.9 Å². The molecular formula is C22H22F5N5O. The molecule has 33 heavy (non-hydrogen) atoms. The van der Waals surface area contributed by atoms with Crippen LogP contribution >= 0.6 is 0 Å². The van der Waals surface area contributed by atoms with Crippen LogP contribution < -0.4 is 4.90 Å². The molecule has 0 bridgehead atoms. The van der Waals surface area contributed by atoms with E-state index in [1.165, 1.54) is 12.4 Å². The Balaban J connectivity index is 1.49. The highest BCUT2D eigenvalue weighted by molar-refractivity contribution is 5.84. The molecule has 1 saturated heterocycles. The lowest BCUT2D eigenvalue weighted by Crippen LogP contribution is -2.51. The van der Waals surface area contributed by atoms with Crippen LogP contribution in [0, 0.1) is 17.6 Å². The highest BCUT2D eigenvalue weighted by Gasteiger charge is 2.33. The quantitative estimate of drug-likeness (QED) is 0.538. The Kier molecular flexibility index (Phi) is 5.98. The number of amides is 1. The third-order valence-electron chi connectivity index (χ3n) is 5.79. The fraction of sp³-hybridized carbons (Fsp3) is 0.409. The standard InChI is InChI=1S/C22H22F5N5O/c1-13(2)20(32-12-29-17-9-15(23)16(24)10-18(17)32)21(33)31-7-5-30(6-8-31)19-4-3-14(11-28-19)22(25,26)27/h3-4,9-13,20H,5-8H2,1-2H3. The fourth-order valence-corrected chi connectivity index (χ4v) is 4.05. The average Bonchev–Trinajstić information content (AvgIpc) is 3.15. The minimum absolute atomic E-state index is 0.155. The van der Waals surface area contributed by atoms with E-state index < -0.39 is 29.4 Å². The summed E-state index contributed by atoms with van der Waals surface area (Å²) in [6.45, 7) is 5.22. The highest BCUT2D eigenvalue weighted by atomic mass is 19.4. The zero-order valence-corrected chi connectivity index (χ0v) is 18.0. The van der Waals surface area contributed by atoms with Gasteiger partial charge in [0.15, 0.2) is 11.6 Å². The van der Waals surface area contributed by atoms with Crippen molar-refractivity contribution in [2.45, 2.75) is 26.1 Å². The molecule has 1 unspecified atom stereocenters. The Labute approximate surface area is 186 Å². The van der Waals surface area contributed by atoms with Gasteiger partial charge in [0.2, 0.25) is 5.91 Å². The van der Waals surface area contributed by atoms with Crippen LogP contribution in [0.25, 0.3) is 11.0 Å². The molecule has 1 aliphatic heterocycles. The SMILES string of the molecule is CC(C)C(C(=O)N1CCN(c2ccc(C(F)(F)F)cn2)CC1)n1cnc2cc(F)c(F)cc21. The van der Waals surface area contributed by atoms with Gasteiger partial charge < -0.3 is 14.4 Å². The summed E-state index contributed by atoms with van der Waals surface area (Å²) >= 11 is 0. The topological polar surface area (TPSA) is 54.3 Å². The van der Waals surface area contributed by atoms with Gasteiger partial charge in [-0.3, -0.25) is 4.79 Å². The second kappa shape index (κ2) is 8.60. The molecule has 1 atom stereocenters. The van der Waals surface area contributed by atoms with Crippen LogP contribution in [0.2, 0.25) is 0 Å². The van der Waals surface area contributed by atoms with E-state index in [9.17, 15) is 26.7 Å². The summed E-state index contributed by atoms with van der Waals surface area (Å²) in [6.07, 6.45) is -2.24. The largest absolute Gasteiger partial charge is 0.417 e. The number of carbonyl (C=O) groups is 1. The van der Waals surface area contributed by atoms with Gasteiger partial charge in [0, 0.05) is 44.5 Å². The number of rotatable bonds is 4. The number of hydrogen-bond donors (Lipinski definition) is 0. The molecule has 6 nitrogen and oxygen atoms in total. The van der Waals surface area contributed by atoms with E-state index in [2.05, 4.69) is 9.97 Å². The average molecular weight is 467 g/mol. The number of benzene rings is 1. The zero-order valence-electron chi connectivity index (χ0n) is 18.0. The predicted octanol–water partition coefficient (Wildman–Crippen LogP) is 4.27. The Hall–Kier alpha value is -3.24. The number of halogens is 5. The van der Waals surface area contributed by atoms with E-state index in [1.807, 2.05) is 18.7 Å². The van der Waals surface area contributed by atoms with Crippen LogP contribution in [0.4, 0.5) is 27.8 Å². The molecule has 0 N–H and O–H groups in total. The summed E-state index contributed by atoms with van der Waals surface area (Å²) in [5.74, 6) is -1.95. The number of hydrogen-bond acceptors (Lipinski definition) is 4. The first-order valence-electron chi connectivity index (χ1n) is 10.4. The number of anilines is 1. The monoisotopic (exact) mass is 467 g/mol. The summed E-state index contributed by atoms with van der Waals surface area (Å²) in [6, 6.07) is 3.67. The molecule has 4 rings (SSSR count). The number of imidazole rings is 1. The first-order valence-corrected chi connectivity index (χ1v) is 10.4. The molecule has 176 valence electrons. The van der Waals surface area contributed by atoms with Crippen LogP contribution in [-0.4, -0.2) is 51.5 Å². The molecule has 11 heteroatoms. The Morgan fingerprint density at radius 1 is 1.00 bits per heavy atom. The summed E-state index contributed by atoms with van der Waals surface area (Å²) in [5, 5.41) is 0. The smallest absolute Gasteiger partial charge is 0.353 e. The number of pyridine rings is 1. The van der Waals surface area contributed by atoms with E-state index in [0.29, 0.717) is 37.5 Å². The predicted molar refractivity (Wildman–Crippen MR) is 112 cm³/mol. The van der Waals surface area contributed by atoms with Crippen LogP contribution in [0.3, 0.4) is 0 Å². The maximum absolute atomic E-state index is 13.8. The maximum Gasteiger partial charge on any atom is 0.417 e. The van der Waals surface area contributed by atoms with Gasteiger partial charge in [0.1, 0.15) is 11.9 Å². The van der Waals surface area contributed by atoms with E-state index in [1.54, 1.807) is 9.47 Å². The summed E-state index contributed by atoms with van der Waals surface area (Å²) in [7, 11) is 0. The third kappa shape index (κ3) is 4.49. The number of carbonyl (C=O) groups excluding carboxylic acids is 1. The number of alkyl halides is 3.